The number of carbonyl (C=O) groups excluding carboxylic acids is 2. The summed E-state index contributed by atoms with van der Waals surface area (Å²) >= 11 is 0. The fraction of sp³-hybridized carbons (Fsp3) is 0.0625. The maximum absolute atomic E-state index is 12.1. The average molecular weight is 339 g/mol. The van der Waals surface area contributed by atoms with Gasteiger partial charge in [0.05, 0.1) is 10.9 Å². The van der Waals surface area contributed by atoms with Crippen LogP contribution in [-0.2, 0) is 7.05 Å². The van der Waals surface area contributed by atoms with Gasteiger partial charge in [-0.15, -0.1) is 0 Å². The molecule has 0 aliphatic heterocycles. The number of aryl methyl sites for hydroxylation is 1. The van der Waals surface area contributed by atoms with Crippen molar-refractivity contribution >= 4 is 22.8 Å². The highest BCUT2D eigenvalue weighted by Crippen LogP contribution is 2.06. The van der Waals surface area contributed by atoms with Crippen molar-refractivity contribution in [2.75, 3.05) is 0 Å². The standard InChI is InChI=1S/C16H13N5O4/c1-21-12-11(15(24)18-16(21)25)7-10(8-17-12)14(23)20-19-13(22)9-5-3-2-4-6-9/h2-8H,1H3,(H,19,22)(H,20,23)(H,18,24,25). The molecule has 9 heteroatoms. The number of rotatable bonds is 2. The van der Waals surface area contributed by atoms with Gasteiger partial charge in [0.25, 0.3) is 17.4 Å². The van der Waals surface area contributed by atoms with Crippen molar-refractivity contribution in [3.8, 4) is 0 Å². The molecule has 0 spiro atoms. The molecular formula is C16H13N5O4. The van der Waals surface area contributed by atoms with E-state index in [0.717, 1.165) is 4.57 Å². The molecule has 2 heterocycles. The zero-order chi connectivity index (χ0) is 18.0. The molecule has 2 amide bonds. The van der Waals surface area contributed by atoms with Crippen molar-refractivity contribution in [3.05, 3.63) is 74.6 Å². The van der Waals surface area contributed by atoms with E-state index in [-0.39, 0.29) is 16.6 Å². The van der Waals surface area contributed by atoms with E-state index < -0.39 is 23.1 Å². The summed E-state index contributed by atoms with van der Waals surface area (Å²) in [5.41, 5.74) is 3.87. The summed E-state index contributed by atoms with van der Waals surface area (Å²) in [5.74, 6) is -1.13. The highest BCUT2D eigenvalue weighted by molar-refractivity contribution is 6.00. The third-order valence-electron chi connectivity index (χ3n) is 3.54. The lowest BCUT2D eigenvalue weighted by Crippen LogP contribution is -2.41. The van der Waals surface area contributed by atoms with E-state index in [4.69, 9.17) is 0 Å². The van der Waals surface area contributed by atoms with Crippen LogP contribution in [0.15, 0.2) is 52.2 Å². The maximum atomic E-state index is 12.1. The molecule has 3 aromatic rings. The van der Waals surface area contributed by atoms with Gasteiger partial charge < -0.3 is 0 Å². The lowest BCUT2D eigenvalue weighted by molar-refractivity contribution is 0.0846. The Morgan fingerprint density at radius 2 is 1.68 bits per heavy atom. The predicted octanol–water partition coefficient (Wildman–Crippen LogP) is -0.303. The largest absolute Gasteiger partial charge is 0.329 e. The van der Waals surface area contributed by atoms with E-state index in [1.807, 2.05) is 0 Å². The number of aromatic amines is 1. The van der Waals surface area contributed by atoms with Gasteiger partial charge in [-0.3, -0.25) is 34.8 Å². The quantitative estimate of drug-likeness (QED) is 0.553. The van der Waals surface area contributed by atoms with Gasteiger partial charge in [-0.05, 0) is 18.2 Å². The monoisotopic (exact) mass is 339 g/mol. The van der Waals surface area contributed by atoms with Crippen LogP contribution >= 0.6 is 0 Å². The average Bonchev–Trinajstić information content (AvgIpc) is 2.64. The zero-order valence-electron chi connectivity index (χ0n) is 13.1. The van der Waals surface area contributed by atoms with Crippen molar-refractivity contribution < 1.29 is 9.59 Å². The van der Waals surface area contributed by atoms with Crippen LogP contribution in [0.1, 0.15) is 20.7 Å². The van der Waals surface area contributed by atoms with Crippen molar-refractivity contribution in [1.29, 1.82) is 0 Å². The van der Waals surface area contributed by atoms with Crippen molar-refractivity contribution in [2.45, 2.75) is 0 Å². The normalized spacial score (nSPS) is 10.4. The van der Waals surface area contributed by atoms with Crippen LogP contribution in [-0.4, -0.2) is 26.3 Å². The maximum Gasteiger partial charge on any atom is 0.329 e. The molecule has 0 saturated heterocycles. The summed E-state index contributed by atoms with van der Waals surface area (Å²) in [4.78, 5) is 53.5. The molecular weight excluding hydrogens is 326 g/mol. The molecule has 126 valence electrons. The third kappa shape index (κ3) is 3.15. The number of H-pyrrole nitrogens is 1. The van der Waals surface area contributed by atoms with Gasteiger partial charge in [-0.2, -0.15) is 0 Å². The Morgan fingerprint density at radius 3 is 2.36 bits per heavy atom. The van der Waals surface area contributed by atoms with Crippen LogP contribution in [0.2, 0.25) is 0 Å². The number of hydrazine groups is 1. The molecule has 0 saturated carbocycles. The Kier molecular flexibility index (Phi) is 4.12. The van der Waals surface area contributed by atoms with Crippen LogP contribution < -0.4 is 22.1 Å². The number of nitrogens with one attached hydrogen (secondary N) is 3. The highest BCUT2D eigenvalue weighted by Gasteiger charge is 2.13. The number of hydrogen-bond donors (Lipinski definition) is 3. The lowest BCUT2D eigenvalue weighted by Gasteiger charge is -2.08. The first kappa shape index (κ1) is 16.1. The molecule has 25 heavy (non-hydrogen) atoms. The second-order valence-electron chi connectivity index (χ2n) is 5.19. The molecule has 0 radical (unpaired) electrons. The van der Waals surface area contributed by atoms with Gasteiger partial charge >= 0.3 is 5.69 Å². The van der Waals surface area contributed by atoms with E-state index >= 15 is 0 Å². The lowest BCUT2D eigenvalue weighted by atomic mass is 10.2. The van der Waals surface area contributed by atoms with E-state index in [2.05, 4.69) is 20.8 Å². The van der Waals surface area contributed by atoms with E-state index in [1.54, 1.807) is 30.3 Å². The minimum atomic E-state index is -0.646. The third-order valence-corrected chi connectivity index (χ3v) is 3.54. The summed E-state index contributed by atoms with van der Waals surface area (Å²) in [6, 6.07) is 9.64. The molecule has 9 nitrogen and oxygen atoms in total. The number of carbonyl (C=O) groups is 2. The molecule has 0 bridgehead atoms. The Labute approximate surface area is 140 Å². The first-order chi connectivity index (χ1) is 12.0. The Balaban J connectivity index is 1.82. The molecule has 1 aromatic carbocycles. The first-order valence-corrected chi connectivity index (χ1v) is 7.22. The van der Waals surface area contributed by atoms with Crippen LogP contribution in [0.3, 0.4) is 0 Å². The molecule has 0 unspecified atom stereocenters. The topological polar surface area (TPSA) is 126 Å². The molecule has 0 atom stereocenters. The Hall–Kier alpha value is -3.75. The molecule has 0 aliphatic rings. The van der Waals surface area contributed by atoms with Crippen LogP contribution in [0, 0.1) is 0 Å². The molecule has 2 aromatic heterocycles. The van der Waals surface area contributed by atoms with E-state index in [0.29, 0.717) is 5.56 Å². The number of amides is 2. The first-order valence-electron chi connectivity index (χ1n) is 7.22. The van der Waals surface area contributed by atoms with Gasteiger partial charge in [0.2, 0.25) is 0 Å². The molecule has 3 N–H and O–H groups in total. The van der Waals surface area contributed by atoms with Crippen LogP contribution in [0.4, 0.5) is 0 Å². The van der Waals surface area contributed by atoms with Gasteiger partial charge in [0, 0.05) is 18.8 Å². The second kappa shape index (κ2) is 6.40. The number of fused-ring (bicyclic) bond motifs is 1. The van der Waals surface area contributed by atoms with Crippen molar-refractivity contribution in [2.24, 2.45) is 7.05 Å². The van der Waals surface area contributed by atoms with Crippen LogP contribution in [0.25, 0.3) is 11.0 Å². The second-order valence-corrected chi connectivity index (χ2v) is 5.19. The van der Waals surface area contributed by atoms with Gasteiger partial charge in [-0.1, -0.05) is 18.2 Å². The van der Waals surface area contributed by atoms with E-state index in [1.165, 1.54) is 19.3 Å². The fourth-order valence-corrected chi connectivity index (χ4v) is 2.21. The summed E-state index contributed by atoms with van der Waals surface area (Å²) < 4.78 is 1.16. The highest BCUT2D eigenvalue weighted by atomic mass is 16.2. The summed E-state index contributed by atoms with van der Waals surface area (Å²) in [6.45, 7) is 0. The van der Waals surface area contributed by atoms with Gasteiger partial charge in [0.1, 0.15) is 5.65 Å². The molecule has 3 rings (SSSR count). The molecule has 0 aliphatic carbocycles. The number of hydrogen-bond acceptors (Lipinski definition) is 5. The minimum absolute atomic E-state index is 0.0602. The number of benzene rings is 1. The minimum Gasteiger partial charge on any atom is -0.281 e. The Bertz CT molecular complexity index is 1090. The number of nitrogens with zero attached hydrogens (tertiary/aromatic N) is 2. The summed E-state index contributed by atoms with van der Waals surface area (Å²) in [6.07, 6.45) is 1.21. The van der Waals surface area contributed by atoms with Crippen molar-refractivity contribution in [1.82, 2.24) is 25.4 Å². The van der Waals surface area contributed by atoms with Gasteiger partial charge in [0.15, 0.2) is 0 Å². The number of aromatic nitrogens is 3. The summed E-state index contributed by atoms with van der Waals surface area (Å²) in [7, 11) is 1.45. The zero-order valence-corrected chi connectivity index (χ0v) is 13.1. The summed E-state index contributed by atoms with van der Waals surface area (Å²) in [5, 5.41) is 0.0872. The fourth-order valence-electron chi connectivity index (χ4n) is 2.21. The SMILES string of the molecule is Cn1c(=O)[nH]c(=O)c2cc(C(=O)NNC(=O)c3ccccc3)cnc21. The smallest absolute Gasteiger partial charge is 0.281 e. The Morgan fingerprint density at radius 1 is 1.04 bits per heavy atom. The van der Waals surface area contributed by atoms with Crippen LogP contribution in [0.5, 0.6) is 0 Å². The molecule has 0 fully saturated rings. The van der Waals surface area contributed by atoms with Gasteiger partial charge in [-0.25, -0.2) is 9.78 Å². The number of pyridine rings is 1. The van der Waals surface area contributed by atoms with Crippen molar-refractivity contribution in [3.63, 3.8) is 0 Å². The predicted molar refractivity (Wildman–Crippen MR) is 89.0 cm³/mol. The van der Waals surface area contributed by atoms with E-state index in [9.17, 15) is 19.2 Å².